The molecule has 0 spiro atoms. The van der Waals surface area contributed by atoms with Gasteiger partial charge < -0.3 is 18.3 Å². The molecular formula is C22H23N3O4. The average molecular weight is 393 g/mol. The van der Waals surface area contributed by atoms with E-state index < -0.39 is 0 Å². The fraction of sp³-hybridized carbons (Fsp3) is 0.318. The second kappa shape index (κ2) is 7.24. The van der Waals surface area contributed by atoms with Crippen LogP contribution in [0, 0.1) is 6.92 Å². The topological polar surface area (TPSA) is 81.5 Å². The first-order valence-corrected chi connectivity index (χ1v) is 9.66. The summed E-state index contributed by atoms with van der Waals surface area (Å²) >= 11 is 0. The van der Waals surface area contributed by atoms with Crippen LogP contribution in [0.4, 0.5) is 0 Å². The fourth-order valence-electron chi connectivity index (χ4n) is 3.66. The quantitative estimate of drug-likeness (QED) is 0.508. The molecule has 0 bridgehead atoms. The predicted molar refractivity (Wildman–Crippen MR) is 110 cm³/mol. The summed E-state index contributed by atoms with van der Waals surface area (Å²) in [6.07, 6.45) is 2.16. The average Bonchev–Trinajstić information content (AvgIpc) is 3.29. The number of para-hydroxylation sites is 1. The largest absolute Gasteiger partial charge is 0.459 e. The molecule has 0 saturated carbocycles. The number of hydrogen-bond donors (Lipinski definition) is 0. The second-order valence-electron chi connectivity index (χ2n) is 7.24. The van der Waals surface area contributed by atoms with Crippen LogP contribution in [0.3, 0.4) is 0 Å². The summed E-state index contributed by atoms with van der Waals surface area (Å²) in [6.45, 7) is 6.14. The van der Waals surface area contributed by atoms with E-state index in [1.807, 2.05) is 44.2 Å². The van der Waals surface area contributed by atoms with E-state index >= 15 is 0 Å². The van der Waals surface area contributed by atoms with Crippen molar-refractivity contribution >= 4 is 28.0 Å². The highest BCUT2D eigenvalue weighted by atomic mass is 16.3. The van der Waals surface area contributed by atoms with Gasteiger partial charge in [-0.2, -0.15) is 0 Å². The molecule has 0 aliphatic rings. The van der Waals surface area contributed by atoms with E-state index in [1.165, 1.54) is 10.9 Å². The van der Waals surface area contributed by atoms with Gasteiger partial charge >= 0.3 is 0 Å². The molecule has 1 aromatic carbocycles. The van der Waals surface area contributed by atoms with Crippen molar-refractivity contribution in [3.8, 4) is 0 Å². The zero-order valence-corrected chi connectivity index (χ0v) is 16.9. The van der Waals surface area contributed by atoms with Crippen LogP contribution in [0.5, 0.6) is 0 Å². The third kappa shape index (κ3) is 3.12. The Kier molecular flexibility index (Phi) is 4.74. The molecule has 0 saturated heterocycles. The molecule has 4 aromatic rings. The van der Waals surface area contributed by atoms with Crippen LogP contribution in [-0.2, 0) is 7.05 Å². The van der Waals surface area contributed by atoms with Gasteiger partial charge in [-0.25, -0.2) is 4.98 Å². The number of amides is 1. The highest BCUT2D eigenvalue weighted by molar-refractivity contribution is 6.06. The molecule has 0 aliphatic heterocycles. The minimum atomic E-state index is -0.306. The maximum Gasteiger partial charge on any atom is 0.265 e. The predicted octanol–water partition coefficient (Wildman–Crippen LogP) is 4.19. The normalized spacial score (nSPS) is 12.6. The third-order valence-electron chi connectivity index (χ3n) is 5.21. The van der Waals surface area contributed by atoms with Gasteiger partial charge in [-0.1, -0.05) is 25.1 Å². The Bertz CT molecular complexity index is 1230. The molecule has 3 heterocycles. The maximum absolute atomic E-state index is 13.6. The van der Waals surface area contributed by atoms with Crippen molar-refractivity contribution in [3.63, 3.8) is 0 Å². The number of carbonyl (C=O) groups is 1. The molecule has 3 aromatic heterocycles. The number of fused-ring (bicyclic) bond motifs is 2. The van der Waals surface area contributed by atoms with E-state index in [4.69, 9.17) is 8.83 Å². The first kappa shape index (κ1) is 19.0. The summed E-state index contributed by atoms with van der Waals surface area (Å²) in [5.74, 6) is 0.823. The number of nitrogens with zero attached hydrogens (tertiary/aromatic N) is 3. The van der Waals surface area contributed by atoms with Gasteiger partial charge in [-0.05, 0) is 32.4 Å². The van der Waals surface area contributed by atoms with Crippen LogP contribution < -0.4 is 5.56 Å². The van der Waals surface area contributed by atoms with Crippen LogP contribution in [0.15, 0.2) is 50.3 Å². The van der Waals surface area contributed by atoms with Gasteiger partial charge in [0.2, 0.25) is 5.71 Å². The third-order valence-corrected chi connectivity index (χ3v) is 5.21. The highest BCUT2D eigenvalue weighted by Crippen LogP contribution is 2.30. The summed E-state index contributed by atoms with van der Waals surface area (Å²) < 4.78 is 13.0. The summed E-state index contributed by atoms with van der Waals surface area (Å²) in [5.41, 5.74) is 0.927. The van der Waals surface area contributed by atoms with Crippen LogP contribution in [0.25, 0.3) is 22.1 Å². The summed E-state index contributed by atoms with van der Waals surface area (Å²) in [6, 6.07) is 9.39. The Hall–Kier alpha value is -3.35. The first-order valence-electron chi connectivity index (χ1n) is 9.66. The van der Waals surface area contributed by atoms with E-state index in [0.29, 0.717) is 18.1 Å². The Morgan fingerprint density at radius 3 is 2.76 bits per heavy atom. The molecule has 0 fully saturated rings. The van der Waals surface area contributed by atoms with E-state index in [2.05, 4.69) is 4.98 Å². The number of rotatable bonds is 5. The first-order chi connectivity index (χ1) is 13.9. The van der Waals surface area contributed by atoms with Crippen molar-refractivity contribution in [2.45, 2.75) is 33.2 Å². The van der Waals surface area contributed by atoms with Gasteiger partial charge in [0.15, 0.2) is 0 Å². The summed E-state index contributed by atoms with van der Waals surface area (Å²) in [4.78, 5) is 32.1. The van der Waals surface area contributed by atoms with Crippen LogP contribution in [0.1, 0.15) is 48.2 Å². The maximum atomic E-state index is 13.6. The number of furan rings is 2. The van der Waals surface area contributed by atoms with Gasteiger partial charge in [0.1, 0.15) is 28.8 Å². The van der Waals surface area contributed by atoms with Crippen LogP contribution in [-0.4, -0.2) is 26.9 Å². The lowest BCUT2D eigenvalue weighted by Crippen LogP contribution is -2.35. The van der Waals surface area contributed by atoms with E-state index in [1.54, 1.807) is 18.9 Å². The van der Waals surface area contributed by atoms with Crippen molar-refractivity contribution in [3.05, 3.63) is 64.1 Å². The molecule has 0 N–H and O–H groups in total. The summed E-state index contributed by atoms with van der Waals surface area (Å²) in [5, 5.41) is 1.21. The number of hydrogen-bond acceptors (Lipinski definition) is 5. The molecule has 29 heavy (non-hydrogen) atoms. The van der Waals surface area contributed by atoms with Gasteiger partial charge in [0, 0.05) is 19.0 Å². The molecular weight excluding hydrogens is 370 g/mol. The molecule has 7 heteroatoms. The van der Waals surface area contributed by atoms with Crippen molar-refractivity contribution in [2.75, 3.05) is 6.54 Å². The van der Waals surface area contributed by atoms with Crippen LogP contribution >= 0.6 is 0 Å². The standard InChI is InChI=1S/C22H23N3O4/c1-5-10-25(13(2)17-11-15-8-6-7-9-16(15)29-17)22(27)18-14(3)28-20-19(18)21(26)24(4)12-23-20/h6-9,11-13H,5,10H2,1-4H3. The number of aromatic nitrogens is 2. The van der Waals surface area contributed by atoms with Gasteiger partial charge in [0.25, 0.3) is 11.5 Å². The SMILES string of the molecule is CCCN(C(=O)c1c(C)oc2ncn(C)c(=O)c12)C(C)c1cc2ccccc2o1. The van der Waals surface area contributed by atoms with E-state index in [-0.39, 0.29) is 34.2 Å². The lowest BCUT2D eigenvalue weighted by atomic mass is 10.1. The molecule has 1 atom stereocenters. The van der Waals surface area contributed by atoms with E-state index in [0.717, 1.165) is 17.4 Å². The van der Waals surface area contributed by atoms with Crippen molar-refractivity contribution in [2.24, 2.45) is 7.05 Å². The van der Waals surface area contributed by atoms with E-state index in [9.17, 15) is 9.59 Å². The lowest BCUT2D eigenvalue weighted by molar-refractivity contribution is 0.0672. The Labute approximate surface area is 167 Å². The molecule has 1 amide bonds. The highest BCUT2D eigenvalue weighted by Gasteiger charge is 2.30. The minimum Gasteiger partial charge on any atom is -0.459 e. The number of benzene rings is 1. The Balaban J connectivity index is 1.80. The smallest absolute Gasteiger partial charge is 0.265 e. The molecule has 0 radical (unpaired) electrons. The van der Waals surface area contributed by atoms with Crippen molar-refractivity contribution < 1.29 is 13.6 Å². The zero-order chi connectivity index (χ0) is 20.7. The van der Waals surface area contributed by atoms with Crippen LogP contribution in [0.2, 0.25) is 0 Å². The molecule has 4 rings (SSSR count). The Morgan fingerprint density at radius 2 is 2.03 bits per heavy atom. The molecule has 150 valence electrons. The zero-order valence-electron chi connectivity index (χ0n) is 16.9. The van der Waals surface area contributed by atoms with Gasteiger partial charge in [-0.3, -0.25) is 9.59 Å². The van der Waals surface area contributed by atoms with Crippen molar-refractivity contribution in [1.29, 1.82) is 0 Å². The van der Waals surface area contributed by atoms with Gasteiger partial charge in [-0.15, -0.1) is 0 Å². The van der Waals surface area contributed by atoms with Gasteiger partial charge in [0.05, 0.1) is 11.6 Å². The fourth-order valence-corrected chi connectivity index (χ4v) is 3.66. The second-order valence-corrected chi connectivity index (χ2v) is 7.24. The van der Waals surface area contributed by atoms with Crippen molar-refractivity contribution in [1.82, 2.24) is 14.5 Å². The summed E-state index contributed by atoms with van der Waals surface area (Å²) in [7, 11) is 1.60. The molecule has 0 aliphatic carbocycles. The molecule has 7 nitrogen and oxygen atoms in total. The number of carbonyl (C=O) groups excluding carboxylic acids is 1. The molecule has 1 unspecified atom stereocenters. The number of aryl methyl sites for hydroxylation is 2. The monoisotopic (exact) mass is 393 g/mol. The minimum absolute atomic E-state index is 0.182. The Morgan fingerprint density at radius 1 is 1.28 bits per heavy atom. The lowest BCUT2D eigenvalue weighted by Gasteiger charge is -2.27.